The first-order valence-electron chi connectivity index (χ1n) is 9.52. The van der Waals surface area contributed by atoms with Crippen LogP contribution in [-0.2, 0) is 0 Å². The Morgan fingerprint density at radius 3 is 2.11 bits per heavy atom. The van der Waals surface area contributed by atoms with Gasteiger partial charge in [-0.1, -0.05) is 55.7 Å². The molecule has 0 bridgehead atoms. The van der Waals surface area contributed by atoms with Gasteiger partial charge in [-0.05, 0) is 47.6 Å². The van der Waals surface area contributed by atoms with Crippen LogP contribution in [0.15, 0.2) is 36.4 Å². The maximum Gasteiger partial charge on any atom is 0.387 e. The van der Waals surface area contributed by atoms with Crippen molar-refractivity contribution in [3.63, 3.8) is 0 Å². The lowest BCUT2D eigenvalue weighted by molar-refractivity contribution is -0.0546. The zero-order valence-electron chi connectivity index (χ0n) is 15.4. The Morgan fingerprint density at radius 1 is 1.00 bits per heavy atom. The van der Waals surface area contributed by atoms with Crippen molar-refractivity contribution in [1.82, 2.24) is 0 Å². The van der Waals surface area contributed by atoms with Crippen LogP contribution in [0.25, 0.3) is 11.1 Å². The summed E-state index contributed by atoms with van der Waals surface area (Å²) in [6.07, 6.45) is 3.77. The van der Waals surface area contributed by atoms with Crippen molar-refractivity contribution in [3.05, 3.63) is 53.6 Å². The van der Waals surface area contributed by atoms with E-state index in [1.165, 1.54) is 43.0 Å². The molecule has 2 aromatic rings. The van der Waals surface area contributed by atoms with Gasteiger partial charge in [-0.15, -0.1) is 0 Å². The molecule has 0 saturated carbocycles. The molecule has 0 unspecified atom stereocenters. The Balaban J connectivity index is 1.72. The highest BCUT2D eigenvalue weighted by atomic mass is 28.3. The first-order valence-corrected chi connectivity index (χ1v) is 12.0. The predicted octanol–water partition coefficient (Wildman–Crippen LogP) is 6.75. The molecule has 1 aliphatic heterocycles. The Labute approximate surface area is 159 Å². The number of hydrogen-bond acceptors (Lipinski definition) is 1. The van der Waals surface area contributed by atoms with E-state index in [-0.39, 0.29) is 0 Å². The molecule has 0 amide bonds. The molecule has 146 valence electrons. The lowest BCUT2D eigenvalue weighted by Crippen LogP contribution is -2.19. The van der Waals surface area contributed by atoms with E-state index in [4.69, 9.17) is 0 Å². The van der Waals surface area contributed by atoms with Crippen LogP contribution in [-0.4, -0.2) is 15.4 Å². The lowest BCUT2D eigenvalue weighted by Gasteiger charge is -2.27. The summed E-state index contributed by atoms with van der Waals surface area (Å²) >= 11 is 0. The zero-order chi connectivity index (χ0) is 19.4. The SMILES string of the molecule is CCC[SiH]1CCC(c2ccc(-c3cc(F)c(OC(F)F)c(F)c3)cc2)CC1. The summed E-state index contributed by atoms with van der Waals surface area (Å²) in [6, 6.07) is 14.0. The molecule has 6 heteroatoms. The summed E-state index contributed by atoms with van der Waals surface area (Å²) in [7, 11) is -0.523. The lowest BCUT2D eigenvalue weighted by atomic mass is 9.92. The van der Waals surface area contributed by atoms with Crippen LogP contribution in [0.1, 0.15) is 37.7 Å². The van der Waals surface area contributed by atoms with E-state index >= 15 is 0 Å². The summed E-state index contributed by atoms with van der Waals surface area (Å²) in [5, 5.41) is 0. The normalized spacial score (nSPS) is 20.1. The van der Waals surface area contributed by atoms with Gasteiger partial charge in [-0.25, -0.2) is 8.78 Å². The molecule has 2 aromatic carbocycles. The molecule has 3 rings (SSSR count). The minimum Gasteiger partial charge on any atom is -0.429 e. The van der Waals surface area contributed by atoms with Crippen LogP contribution in [0, 0.1) is 11.6 Å². The second-order valence-electron chi connectivity index (χ2n) is 7.28. The van der Waals surface area contributed by atoms with Crippen LogP contribution in [0.3, 0.4) is 0 Å². The molecule has 0 spiro atoms. The van der Waals surface area contributed by atoms with Crippen molar-refractivity contribution in [2.75, 3.05) is 0 Å². The second-order valence-corrected chi connectivity index (χ2v) is 10.7. The standard InChI is InChI=1S/C21H24F4OSi/c1-2-9-27-10-7-16(8-11-27)14-3-5-15(6-4-14)17-12-18(22)20(19(23)13-17)26-21(24)25/h3-6,12-13,16,21,27H,2,7-11H2,1H3. The predicted molar refractivity (Wildman–Crippen MR) is 102 cm³/mol. The van der Waals surface area contributed by atoms with E-state index in [0.29, 0.717) is 17.0 Å². The molecule has 0 radical (unpaired) electrons. The van der Waals surface area contributed by atoms with Crippen LogP contribution < -0.4 is 4.74 Å². The summed E-state index contributed by atoms with van der Waals surface area (Å²) in [5.41, 5.74) is 2.22. The fourth-order valence-corrected chi connectivity index (χ4v) is 7.50. The molecule has 1 saturated heterocycles. The number of hydrogen-bond donors (Lipinski definition) is 0. The summed E-state index contributed by atoms with van der Waals surface area (Å²) < 4.78 is 56.3. The molecule has 1 fully saturated rings. The van der Waals surface area contributed by atoms with E-state index in [1.54, 1.807) is 0 Å². The highest BCUT2D eigenvalue weighted by Gasteiger charge is 2.23. The van der Waals surface area contributed by atoms with Crippen molar-refractivity contribution in [1.29, 1.82) is 0 Å². The molecular formula is C21H24F4OSi. The third-order valence-electron chi connectivity index (χ3n) is 5.46. The first kappa shape index (κ1) is 19.9. The van der Waals surface area contributed by atoms with Crippen molar-refractivity contribution in [3.8, 4) is 16.9 Å². The third-order valence-corrected chi connectivity index (χ3v) is 9.16. The topological polar surface area (TPSA) is 9.23 Å². The van der Waals surface area contributed by atoms with Gasteiger partial charge in [0.1, 0.15) is 0 Å². The molecule has 1 nitrogen and oxygen atoms in total. The molecule has 0 aromatic heterocycles. The van der Waals surface area contributed by atoms with Crippen LogP contribution in [0.4, 0.5) is 17.6 Å². The van der Waals surface area contributed by atoms with Gasteiger partial charge in [0.25, 0.3) is 0 Å². The summed E-state index contributed by atoms with van der Waals surface area (Å²) in [4.78, 5) is 0. The van der Waals surface area contributed by atoms with Crippen molar-refractivity contribution in [2.24, 2.45) is 0 Å². The van der Waals surface area contributed by atoms with E-state index in [1.807, 2.05) is 24.3 Å². The minimum atomic E-state index is -3.27. The fraction of sp³-hybridized carbons (Fsp3) is 0.429. The molecule has 27 heavy (non-hydrogen) atoms. The van der Waals surface area contributed by atoms with Crippen LogP contribution in [0.2, 0.25) is 18.1 Å². The molecule has 0 atom stereocenters. The second kappa shape index (κ2) is 8.91. The largest absolute Gasteiger partial charge is 0.429 e. The Bertz CT molecular complexity index is 732. The average Bonchev–Trinajstić information content (AvgIpc) is 2.65. The van der Waals surface area contributed by atoms with E-state index in [9.17, 15) is 17.6 Å². The maximum absolute atomic E-state index is 13.9. The van der Waals surface area contributed by atoms with Crippen LogP contribution >= 0.6 is 0 Å². The van der Waals surface area contributed by atoms with Gasteiger partial charge in [0, 0.05) is 8.80 Å². The van der Waals surface area contributed by atoms with Gasteiger partial charge in [0.05, 0.1) is 0 Å². The molecule has 0 N–H and O–H groups in total. The summed E-state index contributed by atoms with van der Waals surface area (Å²) in [6.45, 7) is -1.01. The molecular weight excluding hydrogens is 372 g/mol. The number of halogens is 4. The van der Waals surface area contributed by atoms with Gasteiger partial charge in [-0.3, -0.25) is 0 Å². The van der Waals surface area contributed by atoms with Crippen molar-refractivity contribution in [2.45, 2.75) is 56.8 Å². The number of rotatable bonds is 6. The molecule has 1 aliphatic rings. The highest BCUT2D eigenvalue weighted by molar-refractivity contribution is 6.59. The number of benzene rings is 2. The zero-order valence-corrected chi connectivity index (χ0v) is 16.5. The van der Waals surface area contributed by atoms with Gasteiger partial charge in [-0.2, -0.15) is 8.78 Å². The average molecular weight is 397 g/mol. The Hall–Kier alpha value is -1.82. The van der Waals surface area contributed by atoms with Gasteiger partial charge in [0.15, 0.2) is 17.4 Å². The van der Waals surface area contributed by atoms with Crippen molar-refractivity contribution >= 4 is 8.80 Å². The van der Waals surface area contributed by atoms with Gasteiger partial charge in [0.2, 0.25) is 0 Å². The fourth-order valence-electron chi connectivity index (χ4n) is 4.07. The van der Waals surface area contributed by atoms with E-state index in [2.05, 4.69) is 11.7 Å². The first-order chi connectivity index (χ1) is 13.0. The Morgan fingerprint density at radius 2 is 1.59 bits per heavy atom. The minimum absolute atomic E-state index is 0.303. The number of alkyl halides is 2. The number of ether oxygens (including phenoxy) is 1. The monoisotopic (exact) mass is 396 g/mol. The maximum atomic E-state index is 13.9. The smallest absolute Gasteiger partial charge is 0.387 e. The Kier molecular flexibility index (Phi) is 6.58. The van der Waals surface area contributed by atoms with Crippen molar-refractivity contribution < 1.29 is 22.3 Å². The van der Waals surface area contributed by atoms with E-state index < -0.39 is 32.8 Å². The third kappa shape index (κ3) is 4.92. The van der Waals surface area contributed by atoms with Crippen LogP contribution in [0.5, 0.6) is 5.75 Å². The molecule has 0 aliphatic carbocycles. The van der Waals surface area contributed by atoms with E-state index in [0.717, 1.165) is 12.1 Å². The highest BCUT2D eigenvalue weighted by Crippen LogP contribution is 2.36. The van der Waals surface area contributed by atoms with Gasteiger partial charge < -0.3 is 4.74 Å². The summed E-state index contributed by atoms with van der Waals surface area (Å²) in [5.74, 6) is -2.74. The molecule has 1 heterocycles. The quantitative estimate of drug-likeness (QED) is 0.388. The van der Waals surface area contributed by atoms with Gasteiger partial charge >= 0.3 is 6.61 Å².